The van der Waals surface area contributed by atoms with E-state index in [9.17, 15) is 9.59 Å². The zero-order valence-electron chi connectivity index (χ0n) is 18.0. The number of hydrogen-bond donors (Lipinski definition) is 2. The van der Waals surface area contributed by atoms with Gasteiger partial charge in [-0.1, -0.05) is 45.9 Å². The molecule has 5 heteroatoms. The van der Waals surface area contributed by atoms with Crippen LogP contribution in [-0.4, -0.2) is 36.3 Å². The highest BCUT2D eigenvalue weighted by atomic mass is 16.2. The van der Waals surface area contributed by atoms with Gasteiger partial charge in [0, 0.05) is 30.0 Å². The molecular formula is C24H33N3O2. The van der Waals surface area contributed by atoms with E-state index in [4.69, 9.17) is 0 Å². The van der Waals surface area contributed by atoms with Crippen molar-refractivity contribution in [1.29, 1.82) is 0 Å². The normalized spacial score (nSPS) is 10.7. The number of amides is 2. The van der Waals surface area contributed by atoms with Gasteiger partial charge >= 0.3 is 0 Å². The number of rotatable bonds is 10. The van der Waals surface area contributed by atoms with Gasteiger partial charge in [-0.15, -0.1) is 0 Å². The van der Waals surface area contributed by atoms with Crippen molar-refractivity contribution < 1.29 is 9.59 Å². The van der Waals surface area contributed by atoms with Gasteiger partial charge in [0.05, 0.1) is 6.54 Å². The van der Waals surface area contributed by atoms with E-state index in [0.717, 1.165) is 42.9 Å². The second-order valence-corrected chi connectivity index (χ2v) is 7.51. The van der Waals surface area contributed by atoms with E-state index in [2.05, 4.69) is 38.3 Å². The highest BCUT2D eigenvalue weighted by molar-refractivity contribution is 5.95. The number of carbonyl (C=O) groups excluding carboxylic acids is 2. The average molecular weight is 396 g/mol. The predicted molar refractivity (Wildman–Crippen MR) is 121 cm³/mol. The molecule has 0 aliphatic rings. The summed E-state index contributed by atoms with van der Waals surface area (Å²) in [4.78, 5) is 26.9. The van der Waals surface area contributed by atoms with Crippen LogP contribution in [0.1, 0.15) is 62.4 Å². The highest BCUT2D eigenvalue weighted by Gasteiger charge is 2.14. The van der Waals surface area contributed by atoms with Crippen molar-refractivity contribution in [2.45, 2.75) is 46.5 Å². The highest BCUT2D eigenvalue weighted by Crippen LogP contribution is 2.23. The summed E-state index contributed by atoms with van der Waals surface area (Å²) in [6.45, 7) is 10.1. The maximum Gasteiger partial charge on any atom is 0.253 e. The Morgan fingerprint density at radius 1 is 0.931 bits per heavy atom. The molecule has 0 atom stereocenters. The molecule has 2 aromatic carbocycles. The Balaban J connectivity index is 1.93. The molecule has 0 aliphatic carbocycles. The fraction of sp³-hybridized carbons (Fsp3) is 0.417. The third-order valence-electron chi connectivity index (χ3n) is 4.72. The molecule has 0 heterocycles. The molecule has 0 aliphatic heterocycles. The maximum absolute atomic E-state index is 12.6. The SMILES string of the molecule is CCCN(CCC)C(=O)c1ccc(NCC(=O)Nc2ccccc2C(C)C)cc1. The van der Waals surface area contributed by atoms with Gasteiger partial charge in [0.25, 0.3) is 5.91 Å². The molecule has 156 valence electrons. The number of nitrogens with one attached hydrogen (secondary N) is 2. The smallest absolute Gasteiger partial charge is 0.253 e. The van der Waals surface area contributed by atoms with E-state index in [0.29, 0.717) is 11.5 Å². The largest absolute Gasteiger partial charge is 0.376 e. The molecule has 0 bridgehead atoms. The van der Waals surface area contributed by atoms with E-state index in [-0.39, 0.29) is 18.4 Å². The molecule has 2 aromatic rings. The Kier molecular flexibility index (Phi) is 8.71. The maximum atomic E-state index is 12.6. The third kappa shape index (κ3) is 6.63. The Bertz CT molecular complexity index is 794. The summed E-state index contributed by atoms with van der Waals surface area (Å²) >= 11 is 0. The van der Waals surface area contributed by atoms with Crippen LogP contribution >= 0.6 is 0 Å². The third-order valence-corrected chi connectivity index (χ3v) is 4.72. The van der Waals surface area contributed by atoms with E-state index in [1.165, 1.54) is 0 Å². The molecule has 5 nitrogen and oxygen atoms in total. The first-order chi connectivity index (χ1) is 14.0. The second kappa shape index (κ2) is 11.2. The number of nitrogens with zero attached hydrogens (tertiary/aromatic N) is 1. The van der Waals surface area contributed by atoms with Gasteiger partial charge in [0.1, 0.15) is 0 Å². The van der Waals surface area contributed by atoms with Crippen LogP contribution in [0.25, 0.3) is 0 Å². The molecule has 2 N–H and O–H groups in total. The van der Waals surface area contributed by atoms with Gasteiger partial charge in [0.15, 0.2) is 0 Å². The monoisotopic (exact) mass is 395 g/mol. The minimum absolute atomic E-state index is 0.0586. The first-order valence-electron chi connectivity index (χ1n) is 10.5. The zero-order chi connectivity index (χ0) is 21.2. The van der Waals surface area contributed by atoms with Gasteiger partial charge in [-0.3, -0.25) is 9.59 Å². The summed E-state index contributed by atoms with van der Waals surface area (Å²) in [6.07, 6.45) is 1.89. The van der Waals surface area contributed by atoms with Crippen LogP contribution in [0.3, 0.4) is 0 Å². The van der Waals surface area contributed by atoms with Crippen LogP contribution < -0.4 is 10.6 Å². The van der Waals surface area contributed by atoms with Gasteiger partial charge in [-0.2, -0.15) is 0 Å². The van der Waals surface area contributed by atoms with Crippen molar-refractivity contribution in [3.63, 3.8) is 0 Å². The fourth-order valence-corrected chi connectivity index (χ4v) is 3.26. The van der Waals surface area contributed by atoms with Gasteiger partial charge in [-0.25, -0.2) is 0 Å². The van der Waals surface area contributed by atoms with Gasteiger partial charge in [-0.05, 0) is 54.7 Å². The van der Waals surface area contributed by atoms with Crippen LogP contribution in [0.4, 0.5) is 11.4 Å². The summed E-state index contributed by atoms with van der Waals surface area (Å²) in [5, 5.41) is 6.09. The quantitative estimate of drug-likeness (QED) is 0.587. The second-order valence-electron chi connectivity index (χ2n) is 7.51. The van der Waals surface area contributed by atoms with E-state index in [1.54, 1.807) is 0 Å². The molecule has 0 fully saturated rings. The molecule has 0 unspecified atom stereocenters. The van der Waals surface area contributed by atoms with Crippen LogP contribution in [0.15, 0.2) is 48.5 Å². The van der Waals surface area contributed by atoms with Crippen LogP contribution in [0.5, 0.6) is 0 Å². The summed E-state index contributed by atoms with van der Waals surface area (Å²) in [5.41, 5.74) is 3.45. The fourth-order valence-electron chi connectivity index (χ4n) is 3.26. The molecular weight excluding hydrogens is 362 g/mol. The van der Waals surface area contributed by atoms with Crippen LogP contribution in [0.2, 0.25) is 0 Å². The van der Waals surface area contributed by atoms with Gasteiger partial charge < -0.3 is 15.5 Å². The molecule has 2 amide bonds. The summed E-state index contributed by atoms with van der Waals surface area (Å²) in [6, 6.07) is 15.2. The zero-order valence-corrected chi connectivity index (χ0v) is 18.0. The van der Waals surface area contributed by atoms with Crippen LogP contribution in [0, 0.1) is 0 Å². The van der Waals surface area contributed by atoms with Crippen molar-refractivity contribution in [2.24, 2.45) is 0 Å². The average Bonchev–Trinajstić information content (AvgIpc) is 2.72. The standard InChI is InChI=1S/C24H33N3O2/c1-5-15-27(16-6-2)24(29)19-11-13-20(14-12-19)25-17-23(28)26-22-10-8-7-9-21(22)18(3)4/h7-14,18,25H,5-6,15-17H2,1-4H3,(H,26,28). The molecule has 29 heavy (non-hydrogen) atoms. The van der Waals surface area contributed by atoms with Crippen molar-refractivity contribution in [3.8, 4) is 0 Å². The molecule has 0 saturated carbocycles. The Labute approximate surface area is 174 Å². The van der Waals surface area contributed by atoms with E-state index < -0.39 is 0 Å². The first-order valence-corrected chi connectivity index (χ1v) is 10.5. The molecule has 0 spiro atoms. The predicted octanol–water partition coefficient (Wildman–Crippen LogP) is 5.12. The number of anilines is 2. The molecule has 2 rings (SSSR count). The Morgan fingerprint density at radius 3 is 2.14 bits per heavy atom. The van der Waals surface area contributed by atoms with Crippen molar-refractivity contribution in [1.82, 2.24) is 4.90 Å². The Hall–Kier alpha value is -2.82. The topological polar surface area (TPSA) is 61.4 Å². The van der Waals surface area contributed by atoms with E-state index >= 15 is 0 Å². The van der Waals surface area contributed by atoms with Crippen molar-refractivity contribution in [3.05, 3.63) is 59.7 Å². The Morgan fingerprint density at radius 2 is 1.55 bits per heavy atom. The summed E-state index contributed by atoms with van der Waals surface area (Å²) in [7, 11) is 0. The molecule has 0 radical (unpaired) electrons. The lowest BCUT2D eigenvalue weighted by atomic mass is 10.0. The molecule has 0 aromatic heterocycles. The van der Waals surface area contributed by atoms with E-state index in [1.807, 2.05) is 53.4 Å². The molecule has 0 saturated heterocycles. The lowest BCUT2D eigenvalue weighted by Crippen LogP contribution is -2.32. The minimum Gasteiger partial charge on any atom is -0.376 e. The number of hydrogen-bond acceptors (Lipinski definition) is 3. The van der Waals surface area contributed by atoms with Crippen LogP contribution in [-0.2, 0) is 4.79 Å². The lowest BCUT2D eigenvalue weighted by molar-refractivity contribution is -0.114. The number of carbonyl (C=O) groups is 2. The number of benzene rings is 2. The van der Waals surface area contributed by atoms with Crippen molar-refractivity contribution in [2.75, 3.05) is 30.3 Å². The summed E-state index contributed by atoms with van der Waals surface area (Å²) in [5.74, 6) is 0.295. The lowest BCUT2D eigenvalue weighted by Gasteiger charge is -2.21. The van der Waals surface area contributed by atoms with Gasteiger partial charge in [0.2, 0.25) is 5.91 Å². The van der Waals surface area contributed by atoms with Crippen molar-refractivity contribution >= 4 is 23.2 Å². The minimum atomic E-state index is -0.102. The summed E-state index contributed by atoms with van der Waals surface area (Å²) < 4.78 is 0. The first kappa shape index (κ1) is 22.5. The number of para-hydroxylation sites is 1.